The molecular weight excluding hydrogens is 292 g/mol. The second-order valence-corrected chi connectivity index (χ2v) is 7.40. The van der Waals surface area contributed by atoms with Gasteiger partial charge in [-0.2, -0.15) is 0 Å². The first kappa shape index (κ1) is 16.3. The predicted octanol–water partition coefficient (Wildman–Crippen LogP) is 1.46. The van der Waals surface area contributed by atoms with Crippen molar-refractivity contribution >= 4 is 5.91 Å². The van der Waals surface area contributed by atoms with Crippen LogP contribution in [-0.2, 0) is 17.8 Å². The van der Waals surface area contributed by atoms with Crippen LogP contribution < -0.4 is 10.5 Å². The van der Waals surface area contributed by atoms with Gasteiger partial charge in [-0.15, -0.1) is 0 Å². The number of hydrogen-bond acceptors (Lipinski definition) is 4. The number of hydrogen-bond donors (Lipinski definition) is 2. The van der Waals surface area contributed by atoms with E-state index in [1.807, 2.05) is 0 Å². The van der Waals surface area contributed by atoms with Gasteiger partial charge in [0.1, 0.15) is 17.5 Å². The molecule has 0 unspecified atom stereocenters. The quantitative estimate of drug-likeness (QED) is 0.881. The first-order chi connectivity index (χ1) is 10.9. The minimum absolute atomic E-state index is 0.0135. The van der Waals surface area contributed by atoms with Gasteiger partial charge in [-0.05, 0) is 51.3 Å². The highest BCUT2D eigenvalue weighted by Crippen LogP contribution is 2.38. The standard InChI is InChI=1S/C18H26N2O3/c1-18(2)10-13-4-3-5-14(16(13)23-18)11-20-8-6-12(7-9-20)15(21)17(19)22/h3-5,12,15,21H,6-11H2,1-2H3,(H2,19,22)/t15-/m1/s1. The van der Waals surface area contributed by atoms with Crippen molar-refractivity contribution in [1.29, 1.82) is 0 Å². The molecule has 2 aliphatic rings. The maximum Gasteiger partial charge on any atom is 0.246 e. The summed E-state index contributed by atoms with van der Waals surface area (Å²) in [6.45, 7) is 6.81. The van der Waals surface area contributed by atoms with Crippen LogP contribution in [0.2, 0.25) is 0 Å². The van der Waals surface area contributed by atoms with Gasteiger partial charge in [-0.25, -0.2) is 0 Å². The molecule has 3 rings (SSSR count). The number of fused-ring (bicyclic) bond motifs is 1. The molecule has 1 saturated heterocycles. The molecule has 0 bridgehead atoms. The monoisotopic (exact) mass is 318 g/mol. The number of nitrogens with two attached hydrogens (primary N) is 1. The Morgan fingerprint density at radius 2 is 2.13 bits per heavy atom. The molecule has 0 aliphatic carbocycles. The van der Waals surface area contributed by atoms with E-state index >= 15 is 0 Å². The lowest BCUT2D eigenvalue weighted by atomic mass is 9.90. The summed E-state index contributed by atoms with van der Waals surface area (Å²) < 4.78 is 6.13. The average Bonchev–Trinajstić information content (AvgIpc) is 2.82. The Labute approximate surface area is 137 Å². The van der Waals surface area contributed by atoms with Crippen LogP contribution in [0, 0.1) is 5.92 Å². The molecule has 5 nitrogen and oxygen atoms in total. The van der Waals surface area contributed by atoms with Gasteiger partial charge < -0.3 is 15.6 Å². The summed E-state index contributed by atoms with van der Waals surface area (Å²) in [5.74, 6) is 0.414. The zero-order chi connectivity index (χ0) is 16.6. The smallest absolute Gasteiger partial charge is 0.246 e. The van der Waals surface area contributed by atoms with Crippen LogP contribution in [0.1, 0.15) is 37.8 Å². The minimum Gasteiger partial charge on any atom is -0.487 e. The maximum atomic E-state index is 11.1. The molecule has 0 aromatic heterocycles. The first-order valence-corrected chi connectivity index (χ1v) is 8.35. The zero-order valence-electron chi connectivity index (χ0n) is 13.9. The number of aliphatic hydroxyl groups excluding tert-OH is 1. The largest absolute Gasteiger partial charge is 0.487 e. The summed E-state index contributed by atoms with van der Waals surface area (Å²) in [5, 5.41) is 9.80. The van der Waals surface area contributed by atoms with Crippen LogP contribution in [0.15, 0.2) is 18.2 Å². The van der Waals surface area contributed by atoms with Crippen molar-refractivity contribution < 1.29 is 14.6 Å². The summed E-state index contributed by atoms with van der Waals surface area (Å²) in [7, 11) is 0. The van der Waals surface area contributed by atoms with E-state index in [2.05, 4.69) is 36.9 Å². The molecular formula is C18H26N2O3. The molecule has 1 fully saturated rings. The highest BCUT2D eigenvalue weighted by atomic mass is 16.5. The van der Waals surface area contributed by atoms with Gasteiger partial charge in [0.15, 0.2) is 0 Å². The van der Waals surface area contributed by atoms with E-state index in [1.54, 1.807) is 0 Å². The number of aliphatic hydroxyl groups is 1. The number of carbonyl (C=O) groups is 1. The predicted molar refractivity (Wildman–Crippen MR) is 88.1 cm³/mol. The molecule has 1 amide bonds. The van der Waals surface area contributed by atoms with E-state index in [9.17, 15) is 9.90 Å². The normalized spacial score (nSPS) is 22.4. The van der Waals surface area contributed by atoms with E-state index < -0.39 is 12.0 Å². The molecule has 2 heterocycles. The molecule has 2 aliphatic heterocycles. The van der Waals surface area contributed by atoms with Gasteiger partial charge in [-0.3, -0.25) is 9.69 Å². The third-order valence-corrected chi connectivity index (χ3v) is 4.94. The lowest BCUT2D eigenvalue weighted by molar-refractivity contribution is -0.129. The molecule has 23 heavy (non-hydrogen) atoms. The van der Waals surface area contributed by atoms with Crippen molar-refractivity contribution in [2.24, 2.45) is 11.7 Å². The van der Waals surface area contributed by atoms with Crippen molar-refractivity contribution in [1.82, 2.24) is 4.90 Å². The second kappa shape index (κ2) is 6.13. The van der Waals surface area contributed by atoms with Gasteiger partial charge in [0.25, 0.3) is 0 Å². The highest BCUT2D eigenvalue weighted by Gasteiger charge is 2.33. The number of benzene rings is 1. The molecule has 0 radical (unpaired) electrons. The van der Waals surface area contributed by atoms with Crippen LogP contribution in [0.5, 0.6) is 5.75 Å². The number of carbonyl (C=O) groups excluding carboxylic acids is 1. The first-order valence-electron chi connectivity index (χ1n) is 8.35. The van der Waals surface area contributed by atoms with Gasteiger partial charge in [0.05, 0.1) is 0 Å². The molecule has 0 saturated carbocycles. The molecule has 5 heteroatoms. The van der Waals surface area contributed by atoms with E-state index in [4.69, 9.17) is 10.5 Å². The van der Waals surface area contributed by atoms with E-state index in [1.165, 1.54) is 11.1 Å². The van der Waals surface area contributed by atoms with Gasteiger partial charge in [0, 0.05) is 18.5 Å². The van der Waals surface area contributed by atoms with E-state index in [-0.39, 0.29) is 11.5 Å². The molecule has 0 spiro atoms. The third kappa shape index (κ3) is 3.51. The van der Waals surface area contributed by atoms with Crippen LogP contribution in [0.4, 0.5) is 0 Å². The lowest BCUT2D eigenvalue weighted by Crippen LogP contribution is -2.42. The van der Waals surface area contributed by atoms with E-state index in [0.29, 0.717) is 0 Å². The van der Waals surface area contributed by atoms with Crippen LogP contribution in [-0.4, -0.2) is 40.7 Å². The summed E-state index contributed by atoms with van der Waals surface area (Å²) in [5.41, 5.74) is 7.57. The van der Waals surface area contributed by atoms with Crippen molar-refractivity contribution in [3.63, 3.8) is 0 Å². The summed E-state index contributed by atoms with van der Waals surface area (Å²) in [6, 6.07) is 6.37. The Balaban J connectivity index is 1.63. The number of primary amides is 1. The van der Waals surface area contributed by atoms with Crippen molar-refractivity contribution in [3.8, 4) is 5.75 Å². The van der Waals surface area contributed by atoms with Crippen molar-refractivity contribution in [2.45, 2.75) is 51.4 Å². The Morgan fingerprint density at radius 3 is 2.78 bits per heavy atom. The Bertz CT molecular complexity index is 592. The Hall–Kier alpha value is -1.59. The fraction of sp³-hybridized carbons (Fsp3) is 0.611. The molecule has 126 valence electrons. The minimum atomic E-state index is -1.01. The van der Waals surface area contributed by atoms with E-state index in [0.717, 1.165) is 44.6 Å². The lowest BCUT2D eigenvalue weighted by Gasteiger charge is -2.33. The van der Waals surface area contributed by atoms with Gasteiger partial charge in [-0.1, -0.05) is 18.2 Å². The Morgan fingerprint density at radius 1 is 1.43 bits per heavy atom. The van der Waals surface area contributed by atoms with Crippen LogP contribution >= 0.6 is 0 Å². The summed E-state index contributed by atoms with van der Waals surface area (Å²) >= 11 is 0. The second-order valence-electron chi connectivity index (χ2n) is 7.40. The van der Waals surface area contributed by atoms with Crippen molar-refractivity contribution in [3.05, 3.63) is 29.3 Å². The number of piperidine rings is 1. The number of para-hydroxylation sites is 1. The molecule has 1 aromatic rings. The molecule has 3 N–H and O–H groups in total. The Kier molecular flexibility index (Phi) is 4.34. The highest BCUT2D eigenvalue weighted by molar-refractivity contribution is 5.78. The average molecular weight is 318 g/mol. The molecule has 1 aromatic carbocycles. The number of amides is 1. The number of likely N-dealkylation sites (tertiary alicyclic amines) is 1. The topological polar surface area (TPSA) is 75.8 Å². The molecule has 1 atom stereocenters. The fourth-order valence-electron chi connectivity index (χ4n) is 3.70. The number of rotatable bonds is 4. The van der Waals surface area contributed by atoms with Gasteiger partial charge >= 0.3 is 0 Å². The number of nitrogens with zero attached hydrogens (tertiary/aromatic N) is 1. The van der Waals surface area contributed by atoms with Gasteiger partial charge in [0.2, 0.25) is 5.91 Å². The summed E-state index contributed by atoms with van der Waals surface area (Å²) in [4.78, 5) is 13.5. The maximum absolute atomic E-state index is 11.1. The number of ether oxygens (including phenoxy) is 1. The van der Waals surface area contributed by atoms with Crippen LogP contribution in [0.25, 0.3) is 0 Å². The summed E-state index contributed by atoms with van der Waals surface area (Å²) in [6.07, 6.45) is 1.53. The SMILES string of the molecule is CC1(C)Cc2cccc(CN3CCC([C@@H](O)C(N)=O)CC3)c2O1. The van der Waals surface area contributed by atoms with Crippen LogP contribution in [0.3, 0.4) is 0 Å². The fourth-order valence-corrected chi connectivity index (χ4v) is 3.70. The van der Waals surface area contributed by atoms with Crippen molar-refractivity contribution in [2.75, 3.05) is 13.1 Å². The third-order valence-electron chi connectivity index (χ3n) is 4.94. The zero-order valence-corrected chi connectivity index (χ0v) is 13.9.